The van der Waals surface area contributed by atoms with E-state index in [1.165, 1.54) is 29.3 Å². The van der Waals surface area contributed by atoms with Gasteiger partial charge in [0, 0.05) is 25.1 Å². The average Bonchev–Trinajstić information content (AvgIpc) is 2.88. The SMILES string of the molecule is CN(C(=O)Cc1cn2cc(F)ccc2n1)c1ccc(O)cc1. The fraction of sp³-hybridized carbons (Fsp3) is 0.125. The van der Waals surface area contributed by atoms with E-state index in [0.29, 0.717) is 17.0 Å². The van der Waals surface area contributed by atoms with Crippen molar-refractivity contribution in [2.45, 2.75) is 6.42 Å². The van der Waals surface area contributed by atoms with Crippen molar-refractivity contribution in [1.82, 2.24) is 9.38 Å². The molecule has 0 aliphatic carbocycles. The number of imidazole rings is 1. The van der Waals surface area contributed by atoms with Gasteiger partial charge >= 0.3 is 0 Å². The molecule has 112 valence electrons. The molecular weight excluding hydrogens is 285 g/mol. The highest BCUT2D eigenvalue weighted by molar-refractivity contribution is 5.94. The summed E-state index contributed by atoms with van der Waals surface area (Å²) in [5, 5.41) is 9.27. The summed E-state index contributed by atoms with van der Waals surface area (Å²) in [4.78, 5) is 18.1. The predicted molar refractivity (Wildman–Crippen MR) is 80.4 cm³/mol. The lowest BCUT2D eigenvalue weighted by molar-refractivity contribution is -0.117. The third kappa shape index (κ3) is 2.76. The Morgan fingerprint density at radius 1 is 1.23 bits per heavy atom. The van der Waals surface area contributed by atoms with Gasteiger partial charge in [0.1, 0.15) is 17.2 Å². The lowest BCUT2D eigenvalue weighted by Crippen LogP contribution is -2.27. The predicted octanol–water partition coefficient (Wildman–Crippen LogP) is 2.38. The second-order valence-corrected chi connectivity index (χ2v) is 4.99. The van der Waals surface area contributed by atoms with Gasteiger partial charge in [-0.2, -0.15) is 0 Å². The van der Waals surface area contributed by atoms with Crippen molar-refractivity contribution in [2.75, 3.05) is 11.9 Å². The third-order valence-electron chi connectivity index (χ3n) is 3.41. The summed E-state index contributed by atoms with van der Waals surface area (Å²) < 4.78 is 14.7. The first-order valence-electron chi connectivity index (χ1n) is 6.71. The van der Waals surface area contributed by atoms with Crippen molar-refractivity contribution in [1.29, 1.82) is 0 Å². The largest absolute Gasteiger partial charge is 0.508 e. The van der Waals surface area contributed by atoms with Gasteiger partial charge < -0.3 is 14.4 Å². The van der Waals surface area contributed by atoms with Crippen LogP contribution in [-0.4, -0.2) is 27.4 Å². The summed E-state index contributed by atoms with van der Waals surface area (Å²) in [7, 11) is 1.66. The van der Waals surface area contributed by atoms with E-state index in [2.05, 4.69) is 4.98 Å². The molecule has 0 bridgehead atoms. The molecule has 1 amide bonds. The minimum absolute atomic E-state index is 0.112. The van der Waals surface area contributed by atoms with Crippen LogP contribution in [0.4, 0.5) is 10.1 Å². The fourth-order valence-corrected chi connectivity index (χ4v) is 2.20. The highest BCUT2D eigenvalue weighted by atomic mass is 19.1. The zero-order chi connectivity index (χ0) is 15.7. The zero-order valence-electron chi connectivity index (χ0n) is 11.9. The molecule has 6 heteroatoms. The molecule has 0 saturated carbocycles. The molecule has 2 heterocycles. The molecule has 2 aromatic heterocycles. The second kappa shape index (κ2) is 5.48. The molecule has 0 radical (unpaired) electrons. The van der Waals surface area contributed by atoms with Gasteiger partial charge in [0.15, 0.2) is 0 Å². The van der Waals surface area contributed by atoms with E-state index in [4.69, 9.17) is 0 Å². The Morgan fingerprint density at radius 2 is 1.95 bits per heavy atom. The number of aromatic hydroxyl groups is 1. The molecule has 1 N–H and O–H groups in total. The van der Waals surface area contributed by atoms with E-state index in [-0.39, 0.29) is 23.9 Å². The molecule has 22 heavy (non-hydrogen) atoms. The van der Waals surface area contributed by atoms with Crippen LogP contribution in [0.3, 0.4) is 0 Å². The number of aromatic nitrogens is 2. The van der Waals surface area contributed by atoms with Gasteiger partial charge in [-0.05, 0) is 36.4 Å². The first kappa shape index (κ1) is 14.1. The van der Waals surface area contributed by atoms with Crippen LogP contribution in [0.1, 0.15) is 5.69 Å². The van der Waals surface area contributed by atoms with Gasteiger partial charge in [0.2, 0.25) is 5.91 Å². The zero-order valence-corrected chi connectivity index (χ0v) is 11.9. The van der Waals surface area contributed by atoms with Crippen LogP contribution in [0.5, 0.6) is 5.75 Å². The first-order valence-corrected chi connectivity index (χ1v) is 6.71. The Balaban J connectivity index is 1.78. The maximum Gasteiger partial charge on any atom is 0.232 e. The summed E-state index contributed by atoms with van der Waals surface area (Å²) in [6, 6.07) is 9.25. The van der Waals surface area contributed by atoms with Gasteiger partial charge in [-0.1, -0.05) is 0 Å². The molecule has 1 aromatic carbocycles. The Bertz CT molecular complexity index is 827. The van der Waals surface area contributed by atoms with Gasteiger partial charge in [-0.3, -0.25) is 4.79 Å². The molecule has 3 rings (SSSR count). The summed E-state index contributed by atoms with van der Waals surface area (Å²) >= 11 is 0. The number of halogens is 1. The van der Waals surface area contributed by atoms with Crippen molar-refractivity contribution < 1.29 is 14.3 Å². The standard InChI is InChI=1S/C16H14FN3O2/c1-19(13-3-5-14(21)6-4-13)16(22)8-12-10-20-9-11(17)2-7-15(20)18-12/h2-7,9-10,21H,8H2,1H3. The molecule has 3 aromatic rings. The summed E-state index contributed by atoms with van der Waals surface area (Å²) in [5.74, 6) is -0.356. The number of anilines is 1. The maximum absolute atomic E-state index is 13.1. The Kier molecular flexibility index (Phi) is 3.50. The van der Waals surface area contributed by atoms with Crippen LogP contribution in [0.25, 0.3) is 5.65 Å². The number of pyridine rings is 1. The summed E-state index contributed by atoms with van der Waals surface area (Å²) in [6.45, 7) is 0. The number of hydrogen-bond donors (Lipinski definition) is 1. The van der Waals surface area contributed by atoms with E-state index >= 15 is 0 Å². The minimum atomic E-state index is -0.357. The number of likely N-dealkylation sites (N-methyl/N-ethyl adjacent to an activating group) is 1. The van der Waals surface area contributed by atoms with E-state index in [9.17, 15) is 14.3 Å². The molecule has 0 spiro atoms. The smallest absolute Gasteiger partial charge is 0.232 e. The van der Waals surface area contributed by atoms with Crippen LogP contribution in [0.2, 0.25) is 0 Å². The second-order valence-electron chi connectivity index (χ2n) is 4.99. The number of benzene rings is 1. The molecule has 0 fully saturated rings. The van der Waals surface area contributed by atoms with Crippen molar-refractivity contribution >= 4 is 17.2 Å². The minimum Gasteiger partial charge on any atom is -0.508 e. The van der Waals surface area contributed by atoms with Crippen molar-refractivity contribution in [3.05, 3.63) is 60.3 Å². The number of amides is 1. The molecule has 0 aliphatic rings. The lowest BCUT2D eigenvalue weighted by Gasteiger charge is -2.16. The van der Waals surface area contributed by atoms with Crippen LogP contribution in [0, 0.1) is 5.82 Å². The highest BCUT2D eigenvalue weighted by Gasteiger charge is 2.14. The molecule has 0 unspecified atom stereocenters. The molecule has 0 aliphatic heterocycles. The number of hydrogen-bond acceptors (Lipinski definition) is 3. The number of carbonyl (C=O) groups is 1. The van der Waals surface area contributed by atoms with Gasteiger partial charge in [-0.25, -0.2) is 9.37 Å². The Hall–Kier alpha value is -2.89. The number of nitrogens with zero attached hydrogens (tertiary/aromatic N) is 3. The molecule has 5 nitrogen and oxygen atoms in total. The number of phenolic OH excluding ortho intramolecular Hbond substituents is 1. The first-order chi connectivity index (χ1) is 10.5. The van der Waals surface area contributed by atoms with E-state index in [0.717, 1.165) is 0 Å². The Labute approximate surface area is 126 Å². The van der Waals surface area contributed by atoms with E-state index in [1.54, 1.807) is 35.8 Å². The topological polar surface area (TPSA) is 57.8 Å². The van der Waals surface area contributed by atoms with Gasteiger partial charge in [0.05, 0.1) is 12.1 Å². The molecular formula is C16H14FN3O2. The normalized spacial score (nSPS) is 10.8. The maximum atomic E-state index is 13.1. The number of rotatable bonds is 3. The van der Waals surface area contributed by atoms with Crippen LogP contribution < -0.4 is 4.90 Å². The van der Waals surface area contributed by atoms with Crippen LogP contribution in [0.15, 0.2) is 48.8 Å². The average molecular weight is 299 g/mol. The fourth-order valence-electron chi connectivity index (χ4n) is 2.20. The van der Waals surface area contributed by atoms with Crippen LogP contribution >= 0.6 is 0 Å². The number of carbonyl (C=O) groups excluding carboxylic acids is 1. The van der Waals surface area contributed by atoms with Crippen molar-refractivity contribution in [3.8, 4) is 5.75 Å². The van der Waals surface area contributed by atoms with E-state index in [1.807, 2.05) is 0 Å². The molecule has 0 saturated heterocycles. The lowest BCUT2D eigenvalue weighted by atomic mass is 10.2. The third-order valence-corrected chi connectivity index (χ3v) is 3.41. The molecule has 0 atom stereocenters. The van der Waals surface area contributed by atoms with Crippen molar-refractivity contribution in [3.63, 3.8) is 0 Å². The quantitative estimate of drug-likeness (QED) is 0.808. The number of fused-ring (bicyclic) bond motifs is 1. The van der Waals surface area contributed by atoms with Crippen molar-refractivity contribution in [2.24, 2.45) is 0 Å². The summed E-state index contributed by atoms with van der Waals surface area (Å²) in [6.07, 6.45) is 3.07. The number of phenols is 1. The van der Waals surface area contributed by atoms with Gasteiger partial charge in [0.25, 0.3) is 0 Å². The monoisotopic (exact) mass is 299 g/mol. The van der Waals surface area contributed by atoms with E-state index < -0.39 is 0 Å². The summed E-state index contributed by atoms with van der Waals surface area (Å²) in [5.41, 5.74) is 1.84. The Morgan fingerprint density at radius 3 is 2.68 bits per heavy atom. The highest BCUT2D eigenvalue weighted by Crippen LogP contribution is 2.18. The van der Waals surface area contributed by atoms with Crippen LogP contribution in [-0.2, 0) is 11.2 Å². The van der Waals surface area contributed by atoms with Gasteiger partial charge in [-0.15, -0.1) is 0 Å².